The Morgan fingerprint density at radius 3 is 2.55 bits per heavy atom. The summed E-state index contributed by atoms with van der Waals surface area (Å²) in [5.41, 5.74) is 2.39. The van der Waals surface area contributed by atoms with Crippen molar-refractivity contribution in [1.29, 1.82) is 0 Å². The predicted molar refractivity (Wildman–Crippen MR) is 78.2 cm³/mol. The Balaban J connectivity index is 2.25. The lowest BCUT2D eigenvalue weighted by molar-refractivity contribution is 0.0688. The SMILES string of the molecule is Cc1ncncc1C(=O)N(Cc1ccccc1)C(C)C. The summed E-state index contributed by atoms with van der Waals surface area (Å²) in [6, 6.07) is 10.1. The molecule has 0 fully saturated rings. The van der Waals surface area contributed by atoms with E-state index in [1.807, 2.05) is 56.0 Å². The Kier molecular flexibility index (Phi) is 4.45. The summed E-state index contributed by atoms with van der Waals surface area (Å²) in [5.74, 6) is -0.0260. The number of carbonyl (C=O) groups excluding carboxylic acids is 1. The van der Waals surface area contributed by atoms with Gasteiger partial charge in [0.05, 0.1) is 11.3 Å². The van der Waals surface area contributed by atoms with Crippen molar-refractivity contribution in [3.05, 3.63) is 59.7 Å². The zero-order valence-electron chi connectivity index (χ0n) is 12.1. The molecule has 1 amide bonds. The highest BCUT2D eigenvalue weighted by atomic mass is 16.2. The third kappa shape index (κ3) is 3.20. The molecule has 0 saturated heterocycles. The van der Waals surface area contributed by atoms with E-state index in [0.717, 1.165) is 5.56 Å². The number of amides is 1. The molecule has 0 saturated carbocycles. The average molecular weight is 269 g/mol. The van der Waals surface area contributed by atoms with E-state index >= 15 is 0 Å². The molecule has 0 unspecified atom stereocenters. The molecule has 4 heteroatoms. The van der Waals surface area contributed by atoms with Gasteiger partial charge in [-0.05, 0) is 26.3 Å². The first-order valence-electron chi connectivity index (χ1n) is 6.71. The number of hydrogen-bond donors (Lipinski definition) is 0. The maximum absolute atomic E-state index is 12.7. The van der Waals surface area contributed by atoms with E-state index in [-0.39, 0.29) is 11.9 Å². The number of nitrogens with zero attached hydrogens (tertiary/aromatic N) is 3. The van der Waals surface area contributed by atoms with Crippen LogP contribution in [-0.2, 0) is 6.54 Å². The highest BCUT2D eigenvalue weighted by molar-refractivity contribution is 5.95. The quantitative estimate of drug-likeness (QED) is 0.857. The number of carbonyl (C=O) groups is 1. The van der Waals surface area contributed by atoms with Crippen LogP contribution in [-0.4, -0.2) is 26.8 Å². The van der Waals surface area contributed by atoms with Gasteiger partial charge in [0.15, 0.2) is 0 Å². The maximum atomic E-state index is 12.7. The van der Waals surface area contributed by atoms with E-state index in [1.165, 1.54) is 6.33 Å². The van der Waals surface area contributed by atoms with Crippen molar-refractivity contribution in [1.82, 2.24) is 14.9 Å². The van der Waals surface area contributed by atoms with Gasteiger partial charge in [0.2, 0.25) is 0 Å². The number of rotatable bonds is 4. The minimum Gasteiger partial charge on any atom is -0.332 e. The van der Waals surface area contributed by atoms with Crippen molar-refractivity contribution < 1.29 is 4.79 Å². The summed E-state index contributed by atoms with van der Waals surface area (Å²) >= 11 is 0. The molecule has 0 spiro atoms. The normalized spacial score (nSPS) is 10.6. The van der Waals surface area contributed by atoms with Crippen LogP contribution in [0.25, 0.3) is 0 Å². The number of aryl methyl sites for hydroxylation is 1. The van der Waals surface area contributed by atoms with Gasteiger partial charge in [-0.25, -0.2) is 9.97 Å². The van der Waals surface area contributed by atoms with Crippen LogP contribution in [0.15, 0.2) is 42.9 Å². The van der Waals surface area contributed by atoms with Crippen LogP contribution in [0.5, 0.6) is 0 Å². The third-order valence-electron chi connectivity index (χ3n) is 3.22. The third-order valence-corrected chi connectivity index (χ3v) is 3.22. The molecular weight excluding hydrogens is 250 g/mol. The van der Waals surface area contributed by atoms with E-state index < -0.39 is 0 Å². The zero-order valence-corrected chi connectivity index (χ0v) is 12.1. The van der Waals surface area contributed by atoms with Crippen molar-refractivity contribution >= 4 is 5.91 Å². The topological polar surface area (TPSA) is 46.1 Å². The number of benzene rings is 1. The Labute approximate surface area is 119 Å². The van der Waals surface area contributed by atoms with E-state index in [2.05, 4.69) is 9.97 Å². The van der Waals surface area contributed by atoms with Gasteiger partial charge in [0.1, 0.15) is 6.33 Å². The van der Waals surface area contributed by atoms with Crippen LogP contribution in [0.3, 0.4) is 0 Å². The Morgan fingerprint density at radius 1 is 1.25 bits per heavy atom. The fourth-order valence-corrected chi connectivity index (χ4v) is 2.02. The van der Waals surface area contributed by atoms with Gasteiger partial charge in [0.25, 0.3) is 5.91 Å². The number of hydrogen-bond acceptors (Lipinski definition) is 3. The minimum absolute atomic E-state index is 0.0260. The van der Waals surface area contributed by atoms with E-state index in [4.69, 9.17) is 0 Å². The van der Waals surface area contributed by atoms with Crippen molar-refractivity contribution in [2.24, 2.45) is 0 Å². The average Bonchev–Trinajstić information content (AvgIpc) is 2.45. The molecule has 0 atom stereocenters. The Bertz CT molecular complexity index is 581. The second kappa shape index (κ2) is 6.28. The molecule has 20 heavy (non-hydrogen) atoms. The fourth-order valence-electron chi connectivity index (χ4n) is 2.02. The molecule has 1 heterocycles. The van der Waals surface area contributed by atoms with Gasteiger partial charge < -0.3 is 4.90 Å². The van der Waals surface area contributed by atoms with E-state index in [0.29, 0.717) is 17.8 Å². The van der Waals surface area contributed by atoms with Crippen LogP contribution < -0.4 is 0 Å². The first kappa shape index (κ1) is 14.2. The first-order chi connectivity index (χ1) is 9.59. The van der Waals surface area contributed by atoms with E-state index in [9.17, 15) is 4.79 Å². The monoisotopic (exact) mass is 269 g/mol. The summed E-state index contributed by atoms with van der Waals surface area (Å²) in [4.78, 5) is 22.5. The molecule has 0 N–H and O–H groups in total. The smallest absolute Gasteiger partial charge is 0.257 e. The predicted octanol–water partition coefficient (Wildman–Crippen LogP) is 2.84. The summed E-state index contributed by atoms with van der Waals surface area (Å²) in [5, 5.41) is 0. The largest absolute Gasteiger partial charge is 0.332 e. The second-order valence-corrected chi connectivity index (χ2v) is 5.03. The standard InChI is InChI=1S/C16H19N3O/c1-12(2)19(10-14-7-5-4-6-8-14)16(20)15-9-17-11-18-13(15)3/h4-9,11-12H,10H2,1-3H3. The molecule has 0 aliphatic rings. The molecule has 0 aliphatic heterocycles. The van der Waals surface area contributed by atoms with Crippen molar-refractivity contribution in [3.8, 4) is 0 Å². The molecule has 0 aliphatic carbocycles. The summed E-state index contributed by atoms with van der Waals surface area (Å²) in [7, 11) is 0. The van der Waals surface area contributed by atoms with Crippen LogP contribution in [0.2, 0.25) is 0 Å². The summed E-state index contributed by atoms with van der Waals surface area (Å²) in [6.45, 7) is 6.45. The maximum Gasteiger partial charge on any atom is 0.257 e. The molecule has 1 aromatic carbocycles. The molecular formula is C16H19N3O. The minimum atomic E-state index is -0.0260. The van der Waals surface area contributed by atoms with Crippen LogP contribution >= 0.6 is 0 Å². The van der Waals surface area contributed by atoms with Gasteiger partial charge in [-0.15, -0.1) is 0 Å². The lowest BCUT2D eigenvalue weighted by Gasteiger charge is -2.27. The molecule has 2 aromatic rings. The van der Waals surface area contributed by atoms with Crippen LogP contribution in [0.4, 0.5) is 0 Å². The second-order valence-electron chi connectivity index (χ2n) is 5.03. The van der Waals surface area contributed by atoms with E-state index in [1.54, 1.807) is 6.20 Å². The molecule has 4 nitrogen and oxygen atoms in total. The molecule has 2 rings (SSSR count). The Morgan fingerprint density at radius 2 is 1.95 bits per heavy atom. The van der Waals surface area contributed by atoms with Gasteiger partial charge in [-0.1, -0.05) is 30.3 Å². The van der Waals surface area contributed by atoms with Crippen LogP contribution in [0.1, 0.15) is 35.5 Å². The van der Waals surface area contributed by atoms with Gasteiger partial charge in [-0.2, -0.15) is 0 Å². The van der Waals surface area contributed by atoms with Crippen LogP contribution in [0, 0.1) is 6.92 Å². The molecule has 1 aromatic heterocycles. The van der Waals surface area contributed by atoms with Crippen molar-refractivity contribution in [2.75, 3.05) is 0 Å². The van der Waals surface area contributed by atoms with Crippen molar-refractivity contribution in [2.45, 2.75) is 33.4 Å². The fraction of sp³-hybridized carbons (Fsp3) is 0.312. The first-order valence-corrected chi connectivity index (χ1v) is 6.71. The molecule has 104 valence electrons. The zero-order chi connectivity index (χ0) is 14.5. The highest BCUT2D eigenvalue weighted by Gasteiger charge is 2.21. The lowest BCUT2D eigenvalue weighted by atomic mass is 10.1. The number of aromatic nitrogens is 2. The van der Waals surface area contributed by atoms with Crippen molar-refractivity contribution in [3.63, 3.8) is 0 Å². The van der Waals surface area contributed by atoms with Gasteiger partial charge in [-0.3, -0.25) is 4.79 Å². The summed E-state index contributed by atoms with van der Waals surface area (Å²) in [6.07, 6.45) is 3.05. The Hall–Kier alpha value is -2.23. The highest BCUT2D eigenvalue weighted by Crippen LogP contribution is 2.14. The summed E-state index contributed by atoms with van der Waals surface area (Å²) < 4.78 is 0. The molecule has 0 radical (unpaired) electrons. The lowest BCUT2D eigenvalue weighted by Crippen LogP contribution is -2.37. The molecule has 0 bridgehead atoms. The van der Waals surface area contributed by atoms with Gasteiger partial charge in [0, 0.05) is 18.8 Å². The van der Waals surface area contributed by atoms with Gasteiger partial charge >= 0.3 is 0 Å².